The summed E-state index contributed by atoms with van der Waals surface area (Å²) in [6.07, 6.45) is 3.65. The molecule has 0 aliphatic heterocycles. The number of amides is 1. The predicted molar refractivity (Wildman–Crippen MR) is 104 cm³/mol. The van der Waals surface area contributed by atoms with E-state index in [1.807, 2.05) is 20.8 Å². The Morgan fingerprint density at radius 1 is 1.08 bits per heavy atom. The van der Waals surface area contributed by atoms with Crippen LogP contribution >= 0.6 is 0 Å². The lowest BCUT2D eigenvalue weighted by Crippen LogP contribution is -2.44. The number of hydrogen-bond acceptors (Lipinski definition) is 4. The van der Waals surface area contributed by atoms with E-state index < -0.39 is 13.9 Å². The summed E-state index contributed by atoms with van der Waals surface area (Å²) in [6, 6.07) is 0.0953. The molecule has 3 N–H and O–H groups in total. The van der Waals surface area contributed by atoms with Crippen molar-refractivity contribution in [3.63, 3.8) is 0 Å². The second-order valence-corrected chi connectivity index (χ2v) is 13.9. The quantitative estimate of drug-likeness (QED) is 0.471. The number of carbonyl (C=O) groups excluding carboxylic acids is 1. The number of nitrogens with one attached hydrogen (secondary N) is 1. The summed E-state index contributed by atoms with van der Waals surface area (Å²) < 4.78 is 11.3. The molecule has 0 aromatic rings. The monoisotopic (exact) mass is 360 g/mol. The van der Waals surface area contributed by atoms with Crippen molar-refractivity contribution < 1.29 is 14.0 Å². The van der Waals surface area contributed by atoms with E-state index >= 15 is 0 Å². The molecule has 5 nitrogen and oxygen atoms in total. The summed E-state index contributed by atoms with van der Waals surface area (Å²) in [7, 11) is -1.70. The zero-order valence-electron chi connectivity index (χ0n) is 17.1. The standard InChI is InChI=1S/C18H40N2O3Si/c1-17(2,3)23-16(21)20-13-11-9-10-12-15(19)14-22-24(7,8)18(4,5)6/h15H,9-14,19H2,1-8H3,(H,20,21)/t15-/m1/s1. The van der Waals surface area contributed by atoms with Gasteiger partial charge in [-0.3, -0.25) is 0 Å². The van der Waals surface area contributed by atoms with Crippen LogP contribution in [0, 0.1) is 0 Å². The number of alkyl carbamates (subject to hydrolysis) is 1. The van der Waals surface area contributed by atoms with Gasteiger partial charge in [-0.05, 0) is 51.7 Å². The van der Waals surface area contributed by atoms with Crippen LogP contribution in [-0.2, 0) is 9.16 Å². The smallest absolute Gasteiger partial charge is 0.407 e. The van der Waals surface area contributed by atoms with E-state index in [0.29, 0.717) is 13.2 Å². The Labute approximate surface area is 150 Å². The molecule has 0 aliphatic rings. The minimum Gasteiger partial charge on any atom is -0.444 e. The normalized spacial score (nSPS) is 14.4. The van der Waals surface area contributed by atoms with E-state index in [-0.39, 0.29) is 17.2 Å². The third-order valence-electron chi connectivity index (χ3n) is 4.38. The topological polar surface area (TPSA) is 73.6 Å². The molecule has 0 aromatic heterocycles. The highest BCUT2D eigenvalue weighted by molar-refractivity contribution is 6.74. The third kappa shape index (κ3) is 11.0. The van der Waals surface area contributed by atoms with Gasteiger partial charge in [0.15, 0.2) is 8.32 Å². The van der Waals surface area contributed by atoms with Gasteiger partial charge < -0.3 is 20.2 Å². The molecular weight excluding hydrogens is 320 g/mol. The molecule has 0 aliphatic carbocycles. The van der Waals surface area contributed by atoms with E-state index in [1.54, 1.807) is 0 Å². The van der Waals surface area contributed by atoms with E-state index in [1.165, 1.54) is 0 Å². The van der Waals surface area contributed by atoms with Crippen LogP contribution in [0.3, 0.4) is 0 Å². The Bertz CT molecular complexity index is 373. The lowest BCUT2D eigenvalue weighted by Gasteiger charge is -2.37. The fraction of sp³-hybridized carbons (Fsp3) is 0.944. The van der Waals surface area contributed by atoms with Crippen molar-refractivity contribution in [3.8, 4) is 0 Å². The van der Waals surface area contributed by atoms with Crippen molar-refractivity contribution in [3.05, 3.63) is 0 Å². The van der Waals surface area contributed by atoms with Crippen molar-refractivity contribution in [2.24, 2.45) is 5.73 Å². The highest BCUT2D eigenvalue weighted by Crippen LogP contribution is 2.36. The first kappa shape index (κ1) is 23.4. The third-order valence-corrected chi connectivity index (χ3v) is 8.89. The van der Waals surface area contributed by atoms with Crippen LogP contribution in [0.25, 0.3) is 0 Å². The van der Waals surface area contributed by atoms with E-state index in [2.05, 4.69) is 39.2 Å². The van der Waals surface area contributed by atoms with Crippen molar-refractivity contribution >= 4 is 14.4 Å². The summed E-state index contributed by atoms with van der Waals surface area (Å²) in [5.41, 5.74) is 5.72. The van der Waals surface area contributed by atoms with Crippen LogP contribution in [0.5, 0.6) is 0 Å². The summed E-state index contributed by atoms with van der Waals surface area (Å²) in [5.74, 6) is 0. The van der Waals surface area contributed by atoms with Gasteiger partial charge in [-0.25, -0.2) is 4.79 Å². The van der Waals surface area contributed by atoms with Crippen LogP contribution in [0.1, 0.15) is 67.2 Å². The first-order chi connectivity index (χ1) is 10.7. The minimum atomic E-state index is -1.70. The Morgan fingerprint density at radius 2 is 1.67 bits per heavy atom. The fourth-order valence-corrected chi connectivity index (χ4v) is 2.89. The van der Waals surface area contributed by atoms with Gasteiger partial charge in [0, 0.05) is 19.2 Å². The van der Waals surface area contributed by atoms with Crippen LogP contribution in [0.4, 0.5) is 4.79 Å². The number of rotatable bonds is 9. The SMILES string of the molecule is CC(C)(C)OC(=O)NCCCCC[C@@H](N)CO[Si](C)(C)C(C)(C)C. The van der Waals surface area contributed by atoms with Crippen molar-refractivity contribution in [2.45, 2.75) is 97.0 Å². The van der Waals surface area contributed by atoms with Gasteiger partial charge in [0.2, 0.25) is 0 Å². The molecule has 0 radical (unpaired) electrons. The first-order valence-corrected chi connectivity index (χ1v) is 12.0. The number of unbranched alkanes of at least 4 members (excludes halogenated alkanes) is 2. The number of hydrogen-bond donors (Lipinski definition) is 2. The van der Waals surface area contributed by atoms with Gasteiger partial charge in [0.25, 0.3) is 0 Å². The van der Waals surface area contributed by atoms with Crippen molar-refractivity contribution in [1.82, 2.24) is 5.32 Å². The molecule has 144 valence electrons. The number of carbonyl (C=O) groups is 1. The highest BCUT2D eigenvalue weighted by Gasteiger charge is 2.37. The average molecular weight is 361 g/mol. The molecule has 0 rings (SSSR count). The fourth-order valence-electron chi connectivity index (χ4n) is 1.83. The number of nitrogens with two attached hydrogens (primary N) is 1. The maximum Gasteiger partial charge on any atom is 0.407 e. The zero-order valence-corrected chi connectivity index (χ0v) is 18.1. The largest absolute Gasteiger partial charge is 0.444 e. The van der Waals surface area contributed by atoms with Gasteiger partial charge in [-0.15, -0.1) is 0 Å². The van der Waals surface area contributed by atoms with Gasteiger partial charge in [-0.1, -0.05) is 33.6 Å². The first-order valence-electron chi connectivity index (χ1n) is 9.11. The van der Waals surface area contributed by atoms with E-state index in [0.717, 1.165) is 25.7 Å². The van der Waals surface area contributed by atoms with E-state index in [4.69, 9.17) is 14.9 Å². The summed E-state index contributed by atoms with van der Waals surface area (Å²) in [4.78, 5) is 11.5. The zero-order chi connectivity index (χ0) is 19.0. The molecule has 0 unspecified atom stereocenters. The molecule has 6 heteroatoms. The lowest BCUT2D eigenvalue weighted by atomic mass is 10.1. The highest BCUT2D eigenvalue weighted by atomic mass is 28.4. The summed E-state index contributed by atoms with van der Waals surface area (Å²) >= 11 is 0. The van der Waals surface area contributed by atoms with Gasteiger partial charge in [0.05, 0.1) is 0 Å². The maximum atomic E-state index is 11.5. The molecule has 0 saturated heterocycles. The molecule has 0 bridgehead atoms. The lowest BCUT2D eigenvalue weighted by molar-refractivity contribution is 0.0527. The van der Waals surface area contributed by atoms with Crippen molar-refractivity contribution in [1.29, 1.82) is 0 Å². The van der Waals surface area contributed by atoms with Gasteiger partial charge >= 0.3 is 6.09 Å². The molecule has 24 heavy (non-hydrogen) atoms. The Hall–Kier alpha value is -0.593. The maximum absolute atomic E-state index is 11.5. The van der Waals surface area contributed by atoms with Crippen LogP contribution in [0.15, 0.2) is 0 Å². The van der Waals surface area contributed by atoms with Crippen LogP contribution < -0.4 is 11.1 Å². The second kappa shape index (κ2) is 9.78. The second-order valence-electron chi connectivity index (χ2n) is 9.11. The Morgan fingerprint density at radius 3 is 2.17 bits per heavy atom. The molecule has 0 heterocycles. The Kier molecular flexibility index (Phi) is 9.54. The molecule has 0 aromatic carbocycles. The molecule has 1 atom stereocenters. The molecule has 0 spiro atoms. The summed E-state index contributed by atoms with van der Waals surface area (Å²) in [5, 5.41) is 3.00. The van der Waals surface area contributed by atoms with E-state index in [9.17, 15) is 4.79 Å². The molecule has 0 fully saturated rings. The molecule has 1 amide bonds. The molecule has 0 saturated carbocycles. The number of ether oxygens (including phenoxy) is 1. The van der Waals surface area contributed by atoms with Gasteiger partial charge in [-0.2, -0.15) is 0 Å². The predicted octanol–water partition coefficient (Wildman–Crippen LogP) is 4.42. The average Bonchev–Trinajstić information content (AvgIpc) is 2.37. The van der Waals surface area contributed by atoms with Crippen LogP contribution in [-0.4, -0.2) is 39.2 Å². The van der Waals surface area contributed by atoms with Gasteiger partial charge in [0.1, 0.15) is 5.60 Å². The molecular formula is C18H40N2O3Si. The summed E-state index contributed by atoms with van der Waals surface area (Å²) in [6.45, 7) is 18.1. The van der Waals surface area contributed by atoms with Crippen LogP contribution in [0.2, 0.25) is 18.1 Å². The Balaban J connectivity index is 3.73. The minimum absolute atomic E-state index is 0.0953. The van der Waals surface area contributed by atoms with Crippen molar-refractivity contribution in [2.75, 3.05) is 13.2 Å².